The number of benzene rings is 1. The van der Waals surface area contributed by atoms with Crippen molar-refractivity contribution in [3.8, 4) is 0 Å². The first-order valence-electron chi connectivity index (χ1n) is 12.6. The third-order valence-corrected chi connectivity index (χ3v) is 6.06. The lowest BCUT2D eigenvalue weighted by atomic mass is 9.90. The highest BCUT2D eigenvalue weighted by Gasteiger charge is 2.18. The van der Waals surface area contributed by atoms with Crippen molar-refractivity contribution >= 4 is 11.4 Å². The average molecular weight is 495 g/mol. The van der Waals surface area contributed by atoms with Gasteiger partial charge in [-0.15, -0.1) is 0 Å². The van der Waals surface area contributed by atoms with Gasteiger partial charge in [0.05, 0.1) is 5.70 Å². The molecule has 0 aliphatic rings. The van der Waals surface area contributed by atoms with Gasteiger partial charge < -0.3 is 16.0 Å². The van der Waals surface area contributed by atoms with Crippen LogP contribution in [0.1, 0.15) is 66.0 Å². The van der Waals surface area contributed by atoms with E-state index >= 15 is 4.39 Å². The summed E-state index contributed by atoms with van der Waals surface area (Å²) in [6, 6.07) is 6.21. The van der Waals surface area contributed by atoms with E-state index in [1.165, 1.54) is 17.2 Å². The Kier molecular flexibility index (Phi) is 11.9. The van der Waals surface area contributed by atoms with Gasteiger partial charge >= 0.3 is 0 Å². The molecule has 0 amide bonds. The van der Waals surface area contributed by atoms with E-state index in [0.717, 1.165) is 35.6 Å². The van der Waals surface area contributed by atoms with Gasteiger partial charge in [-0.2, -0.15) is 0 Å². The van der Waals surface area contributed by atoms with Gasteiger partial charge in [-0.05, 0) is 81.4 Å². The van der Waals surface area contributed by atoms with E-state index < -0.39 is 5.83 Å². The minimum atomic E-state index is -0.432. The van der Waals surface area contributed by atoms with Gasteiger partial charge in [-0.1, -0.05) is 52.7 Å². The highest BCUT2D eigenvalue weighted by atomic mass is 19.1. The smallest absolute Gasteiger partial charge is 0.146 e. The summed E-state index contributed by atoms with van der Waals surface area (Å²) < 4.78 is 15.1. The van der Waals surface area contributed by atoms with Crippen LogP contribution in [-0.4, -0.2) is 24.8 Å². The van der Waals surface area contributed by atoms with Crippen molar-refractivity contribution in [2.75, 3.05) is 12.4 Å². The minimum absolute atomic E-state index is 0.0511. The maximum Gasteiger partial charge on any atom is 0.146 e. The number of nitrogens with one attached hydrogen (secondary N) is 3. The maximum absolute atomic E-state index is 15.1. The van der Waals surface area contributed by atoms with Gasteiger partial charge in [0.25, 0.3) is 0 Å². The molecule has 0 saturated carbocycles. The summed E-state index contributed by atoms with van der Waals surface area (Å²) in [4.78, 5) is 4.27. The third kappa shape index (κ3) is 10.7. The standard InChI is InChI=1S/C31H47FN4/c1-13-27(25(7)36-29-15-14-20(2)28(17-29)16-21(3)33-12)18-30(32)26(8)35-24(6)23(5)34-22(4)19-31(9,10)11/h13-15,17-18,23-24,34-36H,1,4,8,16,19H2,2-3,5-7,9-12H3/b27-25+,30-18+,33-21-/t23-,24?/m0/s1. The molecule has 36 heavy (non-hydrogen) atoms. The lowest BCUT2D eigenvalue weighted by Crippen LogP contribution is -2.43. The van der Waals surface area contributed by atoms with Gasteiger partial charge in [0.1, 0.15) is 5.83 Å². The first-order chi connectivity index (χ1) is 16.7. The van der Waals surface area contributed by atoms with Crippen LogP contribution in [0, 0.1) is 12.3 Å². The number of hydrogen-bond acceptors (Lipinski definition) is 4. The highest BCUT2D eigenvalue weighted by molar-refractivity contribution is 5.84. The van der Waals surface area contributed by atoms with E-state index in [0.29, 0.717) is 5.57 Å². The number of rotatable bonds is 13. The van der Waals surface area contributed by atoms with E-state index in [9.17, 15) is 0 Å². The summed E-state index contributed by atoms with van der Waals surface area (Å²) in [5, 5.41) is 9.97. The second-order valence-electron chi connectivity index (χ2n) is 10.9. The second kappa shape index (κ2) is 13.9. The first kappa shape index (κ1) is 31.0. The van der Waals surface area contributed by atoms with Crippen molar-refractivity contribution in [2.24, 2.45) is 10.4 Å². The Bertz CT molecular complexity index is 1040. The molecule has 0 aromatic heterocycles. The molecule has 0 heterocycles. The van der Waals surface area contributed by atoms with Gasteiger partial charge in [0.2, 0.25) is 0 Å². The van der Waals surface area contributed by atoms with Crippen LogP contribution in [0.25, 0.3) is 0 Å². The summed E-state index contributed by atoms with van der Waals surface area (Å²) in [7, 11) is 1.81. The largest absolute Gasteiger partial charge is 0.384 e. The molecule has 3 N–H and O–H groups in total. The van der Waals surface area contributed by atoms with Crippen molar-refractivity contribution in [3.63, 3.8) is 0 Å². The zero-order valence-electron chi connectivity index (χ0n) is 23.9. The third-order valence-electron chi connectivity index (χ3n) is 6.06. The van der Waals surface area contributed by atoms with Gasteiger partial charge in [0.15, 0.2) is 0 Å². The Labute approximate surface area is 219 Å². The SMILES string of the molecule is C=CC(/C=C(/F)C(=C)NC(C)[C@H](C)NC(=C)CC(C)(C)C)=C(/C)Nc1ccc(C)c(C/C(C)=N\C)c1. The van der Waals surface area contributed by atoms with E-state index in [1.54, 1.807) is 13.1 Å². The molecule has 0 saturated heterocycles. The lowest BCUT2D eigenvalue weighted by Gasteiger charge is -2.28. The van der Waals surface area contributed by atoms with E-state index in [-0.39, 0.29) is 23.2 Å². The fraction of sp³-hybridized carbons (Fsp3) is 0.452. The molecule has 0 aliphatic carbocycles. The number of hydrogen-bond donors (Lipinski definition) is 3. The Hall–Kier alpha value is -3.08. The zero-order valence-corrected chi connectivity index (χ0v) is 23.9. The molecule has 0 radical (unpaired) electrons. The normalized spacial score (nSPS) is 14.9. The predicted molar refractivity (Wildman–Crippen MR) is 157 cm³/mol. The Balaban J connectivity index is 2.93. The highest BCUT2D eigenvalue weighted by Crippen LogP contribution is 2.23. The van der Waals surface area contributed by atoms with Crippen LogP contribution in [0.5, 0.6) is 0 Å². The number of aryl methyl sites for hydroxylation is 1. The van der Waals surface area contributed by atoms with Crippen LogP contribution in [0.4, 0.5) is 10.1 Å². The van der Waals surface area contributed by atoms with Crippen LogP contribution in [-0.2, 0) is 6.42 Å². The number of allylic oxidation sites excluding steroid dienone is 6. The summed E-state index contributed by atoms with van der Waals surface area (Å²) in [5.41, 5.74) is 7.23. The number of nitrogens with zero attached hydrogens (tertiary/aromatic N) is 1. The molecule has 1 aromatic carbocycles. The molecule has 0 fully saturated rings. The number of anilines is 1. The fourth-order valence-corrected chi connectivity index (χ4v) is 3.73. The molecular formula is C31H47FN4. The average Bonchev–Trinajstić information content (AvgIpc) is 2.77. The summed E-state index contributed by atoms with van der Waals surface area (Å²) >= 11 is 0. The van der Waals surface area contributed by atoms with Crippen LogP contribution in [0.2, 0.25) is 0 Å². The molecule has 2 atom stereocenters. The molecule has 1 unspecified atom stereocenters. The zero-order chi connectivity index (χ0) is 27.6. The topological polar surface area (TPSA) is 48.4 Å². The number of halogens is 1. The van der Waals surface area contributed by atoms with Crippen molar-refractivity contribution < 1.29 is 4.39 Å². The second-order valence-corrected chi connectivity index (χ2v) is 10.9. The lowest BCUT2D eigenvalue weighted by molar-refractivity contribution is 0.379. The van der Waals surface area contributed by atoms with Gasteiger partial charge in [0, 0.05) is 48.3 Å². The van der Waals surface area contributed by atoms with Crippen LogP contribution in [0.15, 0.2) is 83.6 Å². The Morgan fingerprint density at radius 3 is 2.28 bits per heavy atom. The summed E-state index contributed by atoms with van der Waals surface area (Å²) in [6.07, 6.45) is 4.76. The van der Waals surface area contributed by atoms with Crippen molar-refractivity contribution in [1.82, 2.24) is 10.6 Å². The van der Waals surface area contributed by atoms with E-state index in [2.05, 4.69) is 80.5 Å². The Morgan fingerprint density at radius 1 is 1.11 bits per heavy atom. The van der Waals surface area contributed by atoms with Crippen LogP contribution < -0.4 is 16.0 Å². The fourth-order valence-electron chi connectivity index (χ4n) is 3.73. The maximum atomic E-state index is 15.1. The minimum Gasteiger partial charge on any atom is -0.384 e. The molecule has 0 aliphatic heterocycles. The molecule has 5 heteroatoms. The summed E-state index contributed by atoms with van der Waals surface area (Å²) in [6.45, 7) is 28.5. The van der Waals surface area contributed by atoms with E-state index in [1.807, 2.05) is 33.8 Å². The monoisotopic (exact) mass is 494 g/mol. The summed E-state index contributed by atoms with van der Waals surface area (Å²) in [5.74, 6) is -0.432. The molecule has 1 aromatic rings. The van der Waals surface area contributed by atoms with E-state index in [4.69, 9.17) is 0 Å². The van der Waals surface area contributed by atoms with Crippen molar-refractivity contribution in [3.05, 3.63) is 89.7 Å². The molecular weight excluding hydrogens is 447 g/mol. The molecule has 0 spiro atoms. The predicted octanol–water partition coefficient (Wildman–Crippen LogP) is 7.77. The molecule has 0 bridgehead atoms. The first-order valence-corrected chi connectivity index (χ1v) is 12.6. The van der Waals surface area contributed by atoms with Crippen LogP contribution in [0.3, 0.4) is 0 Å². The van der Waals surface area contributed by atoms with Crippen LogP contribution >= 0.6 is 0 Å². The van der Waals surface area contributed by atoms with Gasteiger partial charge in [-0.3, -0.25) is 4.99 Å². The molecule has 1 rings (SSSR count). The van der Waals surface area contributed by atoms with Crippen molar-refractivity contribution in [1.29, 1.82) is 0 Å². The molecule has 198 valence electrons. The van der Waals surface area contributed by atoms with Crippen molar-refractivity contribution in [2.45, 2.75) is 80.3 Å². The quantitative estimate of drug-likeness (QED) is 0.194. The Morgan fingerprint density at radius 2 is 1.72 bits per heavy atom. The molecule has 4 nitrogen and oxygen atoms in total. The number of aliphatic imine (C=N–C) groups is 1. The van der Waals surface area contributed by atoms with Gasteiger partial charge in [-0.25, -0.2) is 4.39 Å².